The number of hydrogen-bond acceptors (Lipinski definition) is 13. The maximum Gasteiger partial charge on any atom is 0.297 e. The highest BCUT2D eigenvalue weighted by Gasteiger charge is 2.69. The van der Waals surface area contributed by atoms with E-state index < -0.39 is 54.7 Å². The molecule has 1 aromatic rings. The third kappa shape index (κ3) is 11.0. The molecule has 19 atom stereocenters. The number of ketones is 1. The van der Waals surface area contributed by atoms with E-state index in [-0.39, 0.29) is 114 Å². The molecule has 9 heterocycles. The van der Waals surface area contributed by atoms with Crippen LogP contribution in [0.2, 0.25) is 18.1 Å². The number of rotatable bonds is 8. The van der Waals surface area contributed by atoms with Crippen molar-refractivity contribution in [2.75, 3.05) is 6.61 Å². The number of aliphatic hydroxyl groups is 1. The van der Waals surface area contributed by atoms with E-state index in [0.717, 1.165) is 30.4 Å². The molecule has 9 saturated heterocycles. The predicted molar refractivity (Wildman–Crippen MR) is 262 cm³/mol. The van der Waals surface area contributed by atoms with Gasteiger partial charge in [0.1, 0.15) is 36.3 Å². The summed E-state index contributed by atoms with van der Waals surface area (Å²) in [6.45, 7) is 29.5. The quantitative estimate of drug-likeness (QED) is 0.150. The van der Waals surface area contributed by atoms with Gasteiger partial charge < -0.3 is 42.7 Å². The highest BCUT2D eigenvalue weighted by molar-refractivity contribution is 7.86. The second-order valence-electron chi connectivity index (χ2n) is 24.1. The molecule has 9 fully saturated rings. The summed E-state index contributed by atoms with van der Waals surface area (Å²) in [5.74, 6) is -0.386. The van der Waals surface area contributed by atoms with Crippen LogP contribution in [0.15, 0.2) is 53.5 Å². The van der Waals surface area contributed by atoms with Gasteiger partial charge in [0.2, 0.25) is 0 Å². The van der Waals surface area contributed by atoms with Crippen molar-refractivity contribution in [3.8, 4) is 0 Å². The zero-order chi connectivity index (χ0) is 49.4. The second kappa shape index (κ2) is 20.1. The van der Waals surface area contributed by atoms with Crippen molar-refractivity contribution < 1.29 is 60.1 Å². The Labute approximate surface area is 413 Å². The Morgan fingerprint density at radius 3 is 2.26 bits per heavy atom. The van der Waals surface area contributed by atoms with E-state index in [4.69, 9.17) is 41.8 Å². The molecule has 0 radical (unpaired) electrons. The van der Waals surface area contributed by atoms with E-state index in [0.29, 0.717) is 57.1 Å². The molecule has 2 unspecified atom stereocenters. The molecule has 1 N–H and O–H groups in total. The molecule has 1 spiro atoms. The summed E-state index contributed by atoms with van der Waals surface area (Å²) >= 11 is 0. The number of carbonyl (C=O) groups is 1. The highest BCUT2D eigenvalue weighted by Crippen LogP contribution is 2.54. The van der Waals surface area contributed by atoms with Crippen molar-refractivity contribution in [3.63, 3.8) is 0 Å². The molecule has 386 valence electrons. The first kappa shape index (κ1) is 52.0. The van der Waals surface area contributed by atoms with E-state index >= 15 is 0 Å². The van der Waals surface area contributed by atoms with Crippen LogP contribution in [0.3, 0.4) is 0 Å². The van der Waals surface area contributed by atoms with Crippen LogP contribution in [0.4, 0.5) is 0 Å². The Morgan fingerprint density at radius 1 is 0.826 bits per heavy atom. The number of carbonyl (C=O) groups excluding carboxylic acids is 1. The van der Waals surface area contributed by atoms with Gasteiger partial charge >= 0.3 is 0 Å². The molecule has 15 heteroatoms. The predicted octanol–water partition coefficient (Wildman–Crippen LogP) is 9.07. The molecule has 9 aliphatic rings. The molecule has 1 aromatic carbocycles. The number of fused-ring (bicyclic) bond motifs is 4. The van der Waals surface area contributed by atoms with Gasteiger partial charge in [-0.15, -0.1) is 0 Å². The fraction of sp³-hybridized carbons (Fsp3) is 0.796. The lowest BCUT2D eigenvalue weighted by Gasteiger charge is -2.47. The van der Waals surface area contributed by atoms with Crippen molar-refractivity contribution in [2.24, 2.45) is 23.7 Å². The fourth-order valence-corrected chi connectivity index (χ4v) is 14.7. The number of Topliss-reactive ketones (excluding diaryl/α,β-unsaturated/α-hetero) is 1. The SMILES string of the molecule is C=C1C[C@H](OS(=O)(=O)c2ccc(C)cc2)CC[C@@]23C[C@H]4O[C@H]5[C@@H](O2)[C@H]2O[C@H](CC[C@@H]2O[C@H]5C4O3)CC(=O)C[C@H]2C(C[C@H]3O[C@@H](CC[C@@H]1O)C[C@@H](C)C3=C)O[C@H](C[C@H](C)CO[Si](C)(C)C(C)(C)C)[C@@H]2C. The highest BCUT2D eigenvalue weighted by atomic mass is 32.2. The van der Waals surface area contributed by atoms with E-state index in [9.17, 15) is 18.3 Å². The first-order valence-electron chi connectivity index (χ1n) is 26.3. The molecule has 0 amide bonds. The van der Waals surface area contributed by atoms with E-state index in [2.05, 4.69) is 67.8 Å². The van der Waals surface area contributed by atoms with Crippen LogP contribution >= 0.6 is 0 Å². The van der Waals surface area contributed by atoms with E-state index in [1.54, 1.807) is 24.3 Å². The number of ether oxygens (including phenoxy) is 7. The summed E-state index contributed by atoms with van der Waals surface area (Å²) in [5, 5.41) is 11.8. The lowest BCUT2D eigenvalue weighted by molar-refractivity contribution is -0.292. The zero-order valence-electron chi connectivity index (χ0n) is 42.8. The summed E-state index contributed by atoms with van der Waals surface area (Å²) in [4.78, 5) is 14.5. The largest absolute Gasteiger partial charge is 0.417 e. The van der Waals surface area contributed by atoms with Crippen LogP contribution in [0, 0.1) is 30.6 Å². The van der Waals surface area contributed by atoms with Gasteiger partial charge in [-0.3, -0.25) is 8.98 Å². The van der Waals surface area contributed by atoms with Crippen molar-refractivity contribution >= 4 is 24.2 Å². The zero-order valence-corrected chi connectivity index (χ0v) is 44.6. The standard InChI is InChI=1S/C54H82O13SSi/c1-30-12-16-40(17-13-30)68(57,58)67-39-20-21-54-28-47-49(65-54)50-51(64-47)52(66-54)48-43(63-50)19-15-38(61-48)25-36(55)26-41-35(6)44(22-31(2)29-59-69(10,11)53(7,8)9)62-46(41)27-45-34(5)32(3)23-37(60-45)14-18-42(56)33(4)24-39/h12-13,16-17,31-32,35,37-39,41-52,56H,4-5,14-15,18-29H2,1-3,6-11H3/t31-,32+,35+,37-,38+,39+,41+,42-,43-,44+,45+,46?,47+,48-,49?,50-,51+,52-,54-/m0/s1. The minimum Gasteiger partial charge on any atom is -0.417 e. The van der Waals surface area contributed by atoms with Gasteiger partial charge in [0.25, 0.3) is 10.1 Å². The molecular weight excluding hydrogens is 917 g/mol. The third-order valence-corrected chi connectivity index (χ3v) is 23.7. The van der Waals surface area contributed by atoms with Crippen LogP contribution in [-0.4, -0.2) is 125 Å². The van der Waals surface area contributed by atoms with Crippen molar-refractivity contribution in [1.29, 1.82) is 0 Å². The summed E-state index contributed by atoms with van der Waals surface area (Å²) in [6, 6.07) is 6.59. The molecule has 0 saturated carbocycles. The molecule has 9 aliphatic heterocycles. The van der Waals surface area contributed by atoms with E-state index in [1.165, 1.54) is 0 Å². The molecule has 0 aliphatic carbocycles. The molecule has 10 bridgehead atoms. The number of benzene rings is 1. The van der Waals surface area contributed by atoms with Gasteiger partial charge in [-0.2, -0.15) is 8.42 Å². The van der Waals surface area contributed by atoms with Gasteiger partial charge in [0.15, 0.2) is 14.1 Å². The van der Waals surface area contributed by atoms with Crippen LogP contribution in [0.5, 0.6) is 0 Å². The van der Waals surface area contributed by atoms with Gasteiger partial charge in [-0.05, 0) is 123 Å². The summed E-state index contributed by atoms with van der Waals surface area (Å²) in [7, 11) is -6.13. The Kier molecular flexibility index (Phi) is 15.2. The minimum absolute atomic E-state index is 0.0206. The number of aliphatic hydroxyl groups excluding tert-OH is 1. The smallest absolute Gasteiger partial charge is 0.297 e. The Morgan fingerprint density at radius 2 is 1.52 bits per heavy atom. The van der Waals surface area contributed by atoms with Crippen molar-refractivity contribution in [2.45, 2.75) is 246 Å². The minimum atomic E-state index is -4.19. The van der Waals surface area contributed by atoms with Gasteiger partial charge in [0.05, 0.1) is 59.8 Å². The maximum absolute atomic E-state index is 14.5. The van der Waals surface area contributed by atoms with Crippen molar-refractivity contribution in [3.05, 3.63) is 54.1 Å². The number of hydrogen-bond donors (Lipinski definition) is 1. The first-order chi connectivity index (χ1) is 32.5. The van der Waals surface area contributed by atoms with Gasteiger partial charge in [-0.1, -0.05) is 72.4 Å². The Bertz CT molecular complexity index is 2140. The van der Waals surface area contributed by atoms with Gasteiger partial charge in [-0.25, -0.2) is 0 Å². The average molecular weight is 999 g/mol. The van der Waals surface area contributed by atoms with Crippen LogP contribution < -0.4 is 0 Å². The molecule has 10 rings (SSSR count). The van der Waals surface area contributed by atoms with Crippen LogP contribution in [-0.2, 0) is 56.7 Å². The van der Waals surface area contributed by atoms with Gasteiger partial charge in [0, 0.05) is 38.7 Å². The van der Waals surface area contributed by atoms with Crippen molar-refractivity contribution in [1.82, 2.24) is 0 Å². The summed E-state index contributed by atoms with van der Waals surface area (Å²) < 4.78 is 88.6. The fourth-order valence-electron chi connectivity index (χ4n) is 12.5. The lowest BCUT2D eigenvalue weighted by atomic mass is 9.78. The summed E-state index contributed by atoms with van der Waals surface area (Å²) in [5.41, 5.74) is 2.45. The topological polar surface area (TPSA) is 155 Å². The van der Waals surface area contributed by atoms with E-state index in [1.807, 2.05) is 6.92 Å². The number of aryl methyl sites for hydroxylation is 1. The molecule has 13 nitrogen and oxygen atoms in total. The third-order valence-electron chi connectivity index (χ3n) is 17.8. The monoisotopic (exact) mass is 999 g/mol. The van der Waals surface area contributed by atoms with Crippen LogP contribution in [0.1, 0.15) is 131 Å². The molecule has 69 heavy (non-hydrogen) atoms. The Balaban J connectivity index is 0.977. The molecule has 0 aromatic heterocycles. The molecular formula is C54H82O13SSi. The summed E-state index contributed by atoms with van der Waals surface area (Å²) in [6.07, 6.45) is 0.939. The average Bonchev–Trinajstić information content (AvgIpc) is 3.82. The lowest BCUT2D eigenvalue weighted by Crippen LogP contribution is -2.61. The van der Waals surface area contributed by atoms with Crippen LogP contribution in [0.25, 0.3) is 0 Å². The maximum atomic E-state index is 14.5. The second-order valence-corrected chi connectivity index (χ2v) is 30.5. The Hall–Kier alpha value is -1.86. The first-order valence-corrected chi connectivity index (χ1v) is 30.6. The normalized spacial score (nSPS) is 42.7.